The quantitative estimate of drug-likeness (QED) is 0.176. The van der Waals surface area contributed by atoms with E-state index in [-0.39, 0.29) is 0 Å². The van der Waals surface area contributed by atoms with Crippen molar-refractivity contribution >= 4 is 65.4 Å². The van der Waals surface area contributed by atoms with E-state index in [0.29, 0.717) is 0 Å². The van der Waals surface area contributed by atoms with Gasteiger partial charge in [-0.05, 0) is 90.0 Å². The van der Waals surface area contributed by atoms with Crippen molar-refractivity contribution in [3.63, 3.8) is 0 Å². The summed E-state index contributed by atoms with van der Waals surface area (Å²) in [4.78, 5) is 15.6. The van der Waals surface area contributed by atoms with Crippen molar-refractivity contribution in [2.24, 2.45) is 0 Å². The Hall–Kier alpha value is -9.59. The molecule has 330 valence electrons. The Morgan fingerprint density at radius 2 is 0.859 bits per heavy atom. The van der Waals surface area contributed by atoms with Gasteiger partial charge < -0.3 is 13.9 Å². The number of pyridine rings is 3. The summed E-state index contributed by atoms with van der Waals surface area (Å²) < 4.78 is 13.9. The van der Waals surface area contributed by atoms with Crippen LogP contribution in [0.5, 0.6) is 11.5 Å². The van der Waals surface area contributed by atoms with Gasteiger partial charge >= 0.3 is 0 Å². The molecule has 1 aliphatic carbocycles. The molecule has 8 aromatic carbocycles. The van der Waals surface area contributed by atoms with Crippen LogP contribution in [-0.4, -0.2) is 28.7 Å². The van der Waals surface area contributed by atoms with Gasteiger partial charge in [-0.1, -0.05) is 127 Å². The van der Waals surface area contributed by atoms with Gasteiger partial charge in [0.1, 0.15) is 17.3 Å². The third kappa shape index (κ3) is 5.13. The maximum Gasteiger partial charge on any atom is 0.137 e. The lowest BCUT2D eigenvalue weighted by atomic mass is 9.66. The van der Waals surface area contributed by atoms with E-state index in [1.807, 2.05) is 24.7 Å². The van der Waals surface area contributed by atoms with E-state index >= 15 is 0 Å². The average molecular weight is 907 g/mol. The zero-order chi connectivity index (χ0) is 46.4. The SMILES string of the molecule is c1ccc2c(c1)Oc1cc(-n3c4ccccc4c4ccccc43)ccc1C21c2cccnc2-c2ncc(-c3ccc4c(c3)c3ccccc3n4-c3ccc(-n4c5ccccc5c5ccccc54)cn3)cc21. The van der Waals surface area contributed by atoms with Gasteiger partial charge in [-0.2, -0.15) is 0 Å². The topological polar surface area (TPSA) is 62.7 Å². The van der Waals surface area contributed by atoms with Crippen molar-refractivity contribution in [1.82, 2.24) is 28.7 Å². The Morgan fingerprint density at radius 3 is 1.52 bits per heavy atom. The van der Waals surface area contributed by atoms with Crippen LogP contribution >= 0.6 is 0 Å². The highest BCUT2D eigenvalue weighted by Gasteiger charge is 2.52. The molecule has 7 heterocycles. The molecule has 7 nitrogen and oxygen atoms in total. The van der Waals surface area contributed by atoms with Crippen LogP contribution in [0.3, 0.4) is 0 Å². The van der Waals surface area contributed by atoms with Crippen LogP contribution < -0.4 is 4.74 Å². The second kappa shape index (κ2) is 14.2. The molecule has 7 heteroatoms. The number of para-hydroxylation sites is 6. The molecule has 1 unspecified atom stereocenters. The number of ether oxygens (including phenoxy) is 1. The van der Waals surface area contributed by atoms with Crippen molar-refractivity contribution in [2.45, 2.75) is 5.41 Å². The molecule has 0 saturated carbocycles. The van der Waals surface area contributed by atoms with E-state index in [1.165, 1.54) is 21.5 Å². The lowest BCUT2D eigenvalue weighted by molar-refractivity contribution is 0.436. The molecule has 0 bridgehead atoms. The summed E-state index contributed by atoms with van der Waals surface area (Å²) in [5.74, 6) is 2.48. The Balaban J connectivity index is 0.856. The van der Waals surface area contributed by atoms with Crippen LogP contribution in [0.4, 0.5) is 0 Å². The smallest absolute Gasteiger partial charge is 0.137 e. The molecule has 0 saturated heterocycles. The van der Waals surface area contributed by atoms with Crippen LogP contribution in [-0.2, 0) is 5.41 Å². The monoisotopic (exact) mass is 906 g/mol. The molecule has 6 aromatic heterocycles. The average Bonchev–Trinajstić information content (AvgIpc) is 4.16. The zero-order valence-corrected chi connectivity index (χ0v) is 38.0. The Morgan fingerprint density at radius 1 is 0.324 bits per heavy atom. The van der Waals surface area contributed by atoms with Crippen LogP contribution in [0.2, 0.25) is 0 Å². The summed E-state index contributed by atoms with van der Waals surface area (Å²) in [5, 5.41) is 7.20. The number of rotatable bonds is 4. The predicted octanol–water partition coefficient (Wildman–Crippen LogP) is 15.3. The first kappa shape index (κ1) is 38.4. The fourth-order valence-corrected chi connectivity index (χ4v) is 12.3. The van der Waals surface area contributed by atoms with E-state index in [0.717, 1.165) is 117 Å². The first-order valence-corrected chi connectivity index (χ1v) is 24.1. The van der Waals surface area contributed by atoms with Gasteiger partial charge in [-0.15, -0.1) is 0 Å². The summed E-state index contributed by atoms with van der Waals surface area (Å²) in [6.07, 6.45) is 5.90. The molecule has 16 rings (SSSR count). The van der Waals surface area contributed by atoms with Crippen LogP contribution in [0.15, 0.2) is 231 Å². The van der Waals surface area contributed by atoms with E-state index < -0.39 is 5.41 Å². The Kier molecular flexibility index (Phi) is 7.69. The maximum absolute atomic E-state index is 7.00. The predicted molar refractivity (Wildman–Crippen MR) is 286 cm³/mol. The third-order valence-electron chi connectivity index (χ3n) is 15.3. The fourth-order valence-electron chi connectivity index (χ4n) is 12.3. The lowest BCUT2D eigenvalue weighted by Crippen LogP contribution is -2.32. The molecule has 14 aromatic rings. The minimum atomic E-state index is -0.747. The van der Waals surface area contributed by atoms with Crippen LogP contribution in [0, 0.1) is 0 Å². The molecule has 0 amide bonds. The third-order valence-corrected chi connectivity index (χ3v) is 15.3. The summed E-state index contributed by atoms with van der Waals surface area (Å²) in [5.41, 5.74) is 16.3. The van der Waals surface area contributed by atoms with Gasteiger partial charge in [0.05, 0.1) is 61.8 Å². The number of fused-ring (bicyclic) bond motifs is 18. The summed E-state index contributed by atoms with van der Waals surface area (Å²) in [6.45, 7) is 0. The highest BCUT2D eigenvalue weighted by atomic mass is 16.5. The van der Waals surface area contributed by atoms with E-state index in [9.17, 15) is 0 Å². The van der Waals surface area contributed by atoms with Gasteiger partial charge in [0.15, 0.2) is 0 Å². The molecule has 1 aliphatic heterocycles. The second-order valence-electron chi connectivity index (χ2n) is 18.7. The summed E-state index contributed by atoms with van der Waals surface area (Å²) in [6, 6.07) is 76.0. The Labute approximate surface area is 406 Å². The van der Waals surface area contributed by atoms with Crippen molar-refractivity contribution in [3.8, 4) is 51.2 Å². The highest BCUT2D eigenvalue weighted by molar-refractivity contribution is 6.12. The number of benzene rings is 8. The molecule has 71 heavy (non-hydrogen) atoms. The summed E-state index contributed by atoms with van der Waals surface area (Å²) in [7, 11) is 0. The molecule has 2 aliphatic rings. The fraction of sp³-hybridized carbons (Fsp3) is 0.0156. The number of hydrogen-bond acceptors (Lipinski definition) is 4. The van der Waals surface area contributed by atoms with E-state index in [2.05, 4.69) is 220 Å². The van der Waals surface area contributed by atoms with Gasteiger partial charge in [0, 0.05) is 78.7 Å². The molecule has 0 radical (unpaired) electrons. The minimum absolute atomic E-state index is 0.747. The number of hydrogen-bond donors (Lipinski definition) is 0. The van der Waals surface area contributed by atoms with Crippen molar-refractivity contribution in [3.05, 3.63) is 253 Å². The summed E-state index contributed by atoms with van der Waals surface area (Å²) >= 11 is 0. The molecular weight excluding hydrogens is 869 g/mol. The maximum atomic E-state index is 7.00. The normalized spacial score (nSPS) is 14.6. The first-order chi connectivity index (χ1) is 35.2. The van der Waals surface area contributed by atoms with Gasteiger partial charge in [0.25, 0.3) is 0 Å². The van der Waals surface area contributed by atoms with Crippen LogP contribution in [0.25, 0.3) is 105 Å². The number of nitrogens with zero attached hydrogens (tertiary/aromatic N) is 6. The molecule has 0 fully saturated rings. The largest absolute Gasteiger partial charge is 0.457 e. The molecule has 1 spiro atoms. The zero-order valence-electron chi connectivity index (χ0n) is 38.0. The Bertz CT molecular complexity index is 4470. The van der Waals surface area contributed by atoms with Gasteiger partial charge in [0.2, 0.25) is 0 Å². The highest BCUT2D eigenvalue weighted by Crippen LogP contribution is 2.62. The van der Waals surface area contributed by atoms with Crippen molar-refractivity contribution in [2.75, 3.05) is 0 Å². The first-order valence-electron chi connectivity index (χ1n) is 24.1. The van der Waals surface area contributed by atoms with Gasteiger partial charge in [-0.25, -0.2) is 4.98 Å². The molecule has 0 N–H and O–H groups in total. The second-order valence-corrected chi connectivity index (χ2v) is 18.7. The van der Waals surface area contributed by atoms with E-state index in [4.69, 9.17) is 19.7 Å². The van der Waals surface area contributed by atoms with Crippen molar-refractivity contribution < 1.29 is 4.74 Å². The molecule has 1 atom stereocenters. The van der Waals surface area contributed by atoms with E-state index in [1.54, 1.807) is 0 Å². The van der Waals surface area contributed by atoms with Gasteiger partial charge in [-0.3, -0.25) is 14.5 Å². The minimum Gasteiger partial charge on any atom is -0.457 e. The number of aromatic nitrogens is 6. The molecular formula is C64H38N6O. The van der Waals surface area contributed by atoms with Crippen molar-refractivity contribution in [1.29, 1.82) is 0 Å². The lowest BCUT2D eigenvalue weighted by Gasteiger charge is -2.39. The standard InChI is InChI=1S/C64H38N6O/c1-7-21-53-43(14-1)44-15-2-8-22-54(44)68(53)41-28-30-50-60(36-41)71-59-26-12-6-19-49(59)64(50)51-20-13-33-65-62(51)63-52(64)35-40(37-67-63)39-27-31-58-48(34-39)47-18-5-11-25-57(47)70(58)61-32-29-42(38-66-61)69-55-23-9-3-16-45(55)46-17-4-10-24-56(46)69/h1-38H. The van der Waals surface area contributed by atoms with Crippen LogP contribution in [0.1, 0.15) is 22.3 Å².